The molecule has 1 aliphatic carbocycles. The van der Waals surface area contributed by atoms with Crippen molar-refractivity contribution in [1.29, 1.82) is 0 Å². The molecule has 4 N–H and O–H groups in total. The highest BCUT2D eigenvalue weighted by Gasteiger charge is 2.32. The van der Waals surface area contributed by atoms with Crippen molar-refractivity contribution in [3.63, 3.8) is 0 Å². The molecule has 4 amide bonds. The molecule has 0 aliphatic heterocycles. The van der Waals surface area contributed by atoms with Crippen LogP contribution in [0.4, 0.5) is 15.3 Å². The molecule has 198 valence electrons. The van der Waals surface area contributed by atoms with Crippen molar-refractivity contribution in [2.75, 3.05) is 25.8 Å². The third-order valence-corrected chi connectivity index (χ3v) is 4.94. The molecular formula is C24H46N4O6. The summed E-state index contributed by atoms with van der Waals surface area (Å²) in [6.07, 6.45) is 4.64. The number of ether oxygens (including phenoxy) is 2. The van der Waals surface area contributed by atoms with E-state index in [1.807, 2.05) is 20.8 Å². The molecule has 2 rings (SSSR count). The van der Waals surface area contributed by atoms with Crippen LogP contribution >= 0.6 is 0 Å². The molecule has 1 aromatic carbocycles. The number of carbonyl (C=O) groups is 2. The number of hydrogen-bond donors (Lipinski definition) is 4. The van der Waals surface area contributed by atoms with Crippen LogP contribution in [0.25, 0.3) is 0 Å². The van der Waals surface area contributed by atoms with E-state index >= 15 is 0 Å². The third-order valence-electron chi connectivity index (χ3n) is 4.94. The van der Waals surface area contributed by atoms with Crippen LogP contribution in [0.5, 0.6) is 5.75 Å². The van der Waals surface area contributed by atoms with Gasteiger partial charge in [-0.15, -0.1) is 0 Å². The van der Waals surface area contributed by atoms with Crippen molar-refractivity contribution >= 4 is 17.7 Å². The Hall–Kier alpha value is -2.56. The fraction of sp³-hybridized carbons (Fsp3) is 0.667. The van der Waals surface area contributed by atoms with E-state index < -0.39 is 12.1 Å². The molecule has 1 aromatic rings. The Kier molecular flexibility index (Phi) is 17.7. The second-order valence-corrected chi connectivity index (χ2v) is 7.79. The molecule has 0 saturated heterocycles. The number of nitrogens with zero attached hydrogens (tertiary/aromatic N) is 2. The van der Waals surface area contributed by atoms with Crippen molar-refractivity contribution in [1.82, 2.24) is 15.7 Å². The van der Waals surface area contributed by atoms with E-state index in [2.05, 4.69) is 10.6 Å². The summed E-state index contributed by atoms with van der Waals surface area (Å²) in [6.45, 7) is 6.18. The number of rotatable bonds is 7. The highest BCUT2D eigenvalue weighted by atomic mass is 16.5. The minimum Gasteiger partial charge on any atom is -0.494 e. The minimum atomic E-state index is -0.584. The zero-order valence-corrected chi connectivity index (χ0v) is 19.7. The normalized spacial score (nSPS) is 16.6. The summed E-state index contributed by atoms with van der Waals surface area (Å²) in [6, 6.07) is 5.47. The standard InChI is InChI=1S/C11H16N2O3.C11H22N2O3.2CH4/c1-8(2)12-11(14)13(15)9-6-4-5-7-10(9)16-3;1-3-8-12-11(14)13(15)9-6-4-5-7-10(9)16-2;;/h4-8,15H,1-3H3,(H,12,14);9-10,15H,3-8H2,1-2H3,(H,12,14);2*1H4. The predicted octanol–water partition coefficient (Wildman–Crippen LogP) is 5.04. The Morgan fingerprint density at radius 1 is 1.09 bits per heavy atom. The van der Waals surface area contributed by atoms with Crippen molar-refractivity contribution in [2.45, 2.75) is 85.9 Å². The maximum atomic E-state index is 11.6. The summed E-state index contributed by atoms with van der Waals surface area (Å²) < 4.78 is 10.3. The van der Waals surface area contributed by atoms with Gasteiger partial charge in [0, 0.05) is 19.7 Å². The minimum absolute atomic E-state index is 0. The van der Waals surface area contributed by atoms with Gasteiger partial charge in [0.25, 0.3) is 0 Å². The Bertz CT molecular complexity index is 704. The molecule has 0 heterocycles. The van der Waals surface area contributed by atoms with Crippen molar-refractivity contribution in [3.8, 4) is 5.75 Å². The zero-order chi connectivity index (χ0) is 24.1. The van der Waals surface area contributed by atoms with Gasteiger partial charge < -0.3 is 20.1 Å². The smallest absolute Gasteiger partial charge is 0.346 e. The molecule has 1 aliphatic rings. The van der Waals surface area contributed by atoms with Crippen LogP contribution < -0.4 is 20.4 Å². The maximum absolute atomic E-state index is 11.6. The average molecular weight is 487 g/mol. The van der Waals surface area contributed by atoms with Crippen LogP contribution in [0.3, 0.4) is 0 Å². The largest absolute Gasteiger partial charge is 0.494 e. The third kappa shape index (κ3) is 10.6. The topological polar surface area (TPSA) is 124 Å². The number of anilines is 1. The molecule has 0 aromatic heterocycles. The van der Waals surface area contributed by atoms with E-state index in [-0.39, 0.29) is 33.0 Å². The molecule has 0 radical (unpaired) electrons. The summed E-state index contributed by atoms with van der Waals surface area (Å²) in [5.41, 5.74) is 0.308. The molecular weight excluding hydrogens is 440 g/mol. The lowest BCUT2D eigenvalue weighted by Crippen LogP contribution is -2.51. The van der Waals surface area contributed by atoms with Crippen LogP contribution in [0.1, 0.15) is 67.7 Å². The van der Waals surface area contributed by atoms with Gasteiger partial charge in [-0.05, 0) is 45.2 Å². The molecule has 1 saturated carbocycles. The van der Waals surface area contributed by atoms with Gasteiger partial charge in [-0.2, -0.15) is 5.06 Å². The summed E-state index contributed by atoms with van der Waals surface area (Å²) in [5.74, 6) is 0.434. The molecule has 2 atom stereocenters. The second kappa shape index (κ2) is 17.9. The molecule has 10 nitrogen and oxygen atoms in total. The number of methoxy groups -OCH3 is 2. The first-order chi connectivity index (χ1) is 15.3. The quantitative estimate of drug-likeness (QED) is 0.316. The second-order valence-electron chi connectivity index (χ2n) is 7.79. The van der Waals surface area contributed by atoms with Crippen molar-refractivity contribution in [3.05, 3.63) is 24.3 Å². The fourth-order valence-corrected chi connectivity index (χ4v) is 3.32. The Morgan fingerprint density at radius 3 is 2.26 bits per heavy atom. The average Bonchev–Trinajstić information content (AvgIpc) is 2.81. The fourth-order valence-electron chi connectivity index (χ4n) is 3.32. The van der Waals surface area contributed by atoms with E-state index in [0.717, 1.165) is 37.2 Å². The van der Waals surface area contributed by atoms with Gasteiger partial charge in [0.1, 0.15) is 11.4 Å². The number of urea groups is 2. The molecule has 0 spiro atoms. The van der Waals surface area contributed by atoms with Crippen LogP contribution in [-0.4, -0.2) is 66.5 Å². The van der Waals surface area contributed by atoms with Crippen LogP contribution in [0.15, 0.2) is 24.3 Å². The molecule has 0 bridgehead atoms. The lowest BCUT2D eigenvalue weighted by atomic mass is 9.92. The monoisotopic (exact) mass is 486 g/mol. The van der Waals surface area contributed by atoms with Gasteiger partial charge in [-0.25, -0.2) is 14.7 Å². The summed E-state index contributed by atoms with van der Waals surface area (Å²) >= 11 is 0. The highest BCUT2D eigenvalue weighted by molar-refractivity contribution is 5.91. The van der Waals surface area contributed by atoms with E-state index in [1.54, 1.807) is 31.4 Å². The number of hydrogen-bond acceptors (Lipinski definition) is 6. The van der Waals surface area contributed by atoms with Gasteiger partial charge in [0.2, 0.25) is 0 Å². The highest BCUT2D eigenvalue weighted by Crippen LogP contribution is 2.26. The Labute approximate surface area is 205 Å². The number of nitrogens with one attached hydrogen (secondary N) is 2. The van der Waals surface area contributed by atoms with E-state index in [0.29, 0.717) is 23.0 Å². The molecule has 1 fully saturated rings. The molecule has 10 heteroatoms. The summed E-state index contributed by atoms with van der Waals surface area (Å²) in [7, 11) is 3.10. The summed E-state index contributed by atoms with van der Waals surface area (Å²) in [5, 5.41) is 26.1. The van der Waals surface area contributed by atoms with E-state index in [4.69, 9.17) is 9.47 Å². The SMILES string of the molecule is C.C.CCCNC(=O)N(O)C1CCCCC1OC.COc1ccccc1N(O)C(=O)NC(C)C. The number of benzene rings is 1. The van der Waals surface area contributed by atoms with E-state index in [1.165, 1.54) is 7.11 Å². The first kappa shape index (κ1) is 33.6. The van der Waals surface area contributed by atoms with Gasteiger partial charge in [0.15, 0.2) is 0 Å². The number of hydroxylamine groups is 3. The van der Waals surface area contributed by atoms with Crippen LogP contribution in [0, 0.1) is 0 Å². The van der Waals surface area contributed by atoms with Crippen molar-refractivity contribution in [2.24, 2.45) is 0 Å². The first-order valence-corrected chi connectivity index (χ1v) is 11.0. The van der Waals surface area contributed by atoms with Gasteiger partial charge in [0.05, 0.1) is 19.3 Å². The lowest BCUT2D eigenvalue weighted by Gasteiger charge is -2.35. The summed E-state index contributed by atoms with van der Waals surface area (Å²) in [4.78, 5) is 23.1. The van der Waals surface area contributed by atoms with Gasteiger partial charge in [-0.3, -0.25) is 10.4 Å². The van der Waals surface area contributed by atoms with E-state index in [9.17, 15) is 20.0 Å². The van der Waals surface area contributed by atoms with Crippen LogP contribution in [0.2, 0.25) is 0 Å². The van der Waals surface area contributed by atoms with Crippen LogP contribution in [-0.2, 0) is 4.74 Å². The molecule has 34 heavy (non-hydrogen) atoms. The van der Waals surface area contributed by atoms with Gasteiger partial charge >= 0.3 is 12.1 Å². The molecule has 2 unspecified atom stereocenters. The lowest BCUT2D eigenvalue weighted by molar-refractivity contribution is -0.130. The number of amides is 4. The maximum Gasteiger partial charge on any atom is 0.346 e. The first-order valence-electron chi connectivity index (χ1n) is 11.0. The Balaban J connectivity index is 0. The van der Waals surface area contributed by atoms with Gasteiger partial charge in [-0.1, -0.05) is 46.8 Å². The number of carbonyl (C=O) groups excluding carboxylic acids is 2. The zero-order valence-electron chi connectivity index (χ0n) is 19.7. The number of para-hydroxylation sites is 2. The van der Waals surface area contributed by atoms with Crippen molar-refractivity contribution < 1.29 is 29.5 Å². The Morgan fingerprint density at radius 2 is 1.71 bits per heavy atom. The predicted molar refractivity (Wildman–Crippen MR) is 135 cm³/mol.